The Hall–Kier alpha value is -0.860. The van der Waals surface area contributed by atoms with Crippen LogP contribution in [0.25, 0.3) is 0 Å². The maximum atomic E-state index is 6.20. The Bertz CT molecular complexity index is 346. The van der Waals surface area contributed by atoms with E-state index in [1.165, 1.54) is 16.7 Å². The van der Waals surface area contributed by atoms with Crippen LogP contribution in [0.15, 0.2) is 18.2 Å². The molecule has 0 aromatic heterocycles. The van der Waals surface area contributed by atoms with E-state index in [9.17, 15) is 0 Å². The molecule has 0 spiro atoms. The molecular weight excluding hydrogens is 172 g/mol. The summed E-state index contributed by atoms with van der Waals surface area (Å²) < 4.78 is 0. The third-order valence-corrected chi connectivity index (χ3v) is 3.20. The highest BCUT2D eigenvalue weighted by atomic mass is 14.8. The van der Waals surface area contributed by atoms with Crippen molar-refractivity contribution in [1.29, 1.82) is 0 Å². The van der Waals surface area contributed by atoms with Gasteiger partial charge in [0, 0.05) is 12.1 Å². The van der Waals surface area contributed by atoms with Crippen molar-refractivity contribution >= 4 is 0 Å². The Morgan fingerprint density at radius 3 is 2.86 bits per heavy atom. The zero-order chi connectivity index (χ0) is 10.2. The smallest absolute Gasteiger partial charge is 0.0322 e. The number of hydrogen-bond acceptors (Lipinski definition) is 2. The summed E-state index contributed by atoms with van der Waals surface area (Å²) in [4.78, 5) is 0. The fraction of sp³-hybridized carbons (Fsp3) is 0.500. The molecule has 0 fully saturated rings. The topological polar surface area (TPSA) is 52.0 Å². The van der Waals surface area contributed by atoms with E-state index >= 15 is 0 Å². The summed E-state index contributed by atoms with van der Waals surface area (Å²) >= 11 is 0. The number of nitrogens with two attached hydrogens (primary N) is 2. The van der Waals surface area contributed by atoms with Gasteiger partial charge in [0.15, 0.2) is 0 Å². The lowest BCUT2D eigenvalue weighted by Crippen LogP contribution is -2.51. The minimum atomic E-state index is -0.166. The maximum absolute atomic E-state index is 6.20. The first-order valence-corrected chi connectivity index (χ1v) is 5.20. The zero-order valence-corrected chi connectivity index (χ0v) is 8.72. The van der Waals surface area contributed by atoms with E-state index in [-0.39, 0.29) is 5.54 Å². The van der Waals surface area contributed by atoms with E-state index in [0.29, 0.717) is 6.54 Å². The highest BCUT2D eigenvalue weighted by Gasteiger charge is 2.28. The van der Waals surface area contributed by atoms with Gasteiger partial charge in [0.2, 0.25) is 0 Å². The first-order chi connectivity index (χ1) is 6.63. The van der Waals surface area contributed by atoms with E-state index in [0.717, 1.165) is 19.3 Å². The van der Waals surface area contributed by atoms with E-state index in [1.54, 1.807) is 0 Å². The van der Waals surface area contributed by atoms with Gasteiger partial charge in [0.1, 0.15) is 0 Å². The maximum Gasteiger partial charge on any atom is 0.0322 e. The highest BCUT2D eigenvalue weighted by molar-refractivity contribution is 5.35. The predicted molar refractivity (Wildman–Crippen MR) is 59.2 cm³/mol. The average molecular weight is 190 g/mol. The van der Waals surface area contributed by atoms with Crippen molar-refractivity contribution in [2.45, 2.75) is 31.7 Å². The summed E-state index contributed by atoms with van der Waals surface area (Å²) in [6, 6.07) is 6.64. The molecule has 4 N–H and O–H groups in total. The molecular formula is C12H18N2. The quantitative estimate of drug-likeness (QED) is 0.697. The normalized spacial score (nSPS) is 25.9. The summed E-state index contributed by atoms with van der Waals surface area (Å²) in [7, 11) is 0. The first kappa shape index (κ1) is 9.69. The van der Waals surface area contributed by atoms with E-state index in [1.807, 2.05) is 0 Å². The summed E-state index contributed by atoms with van der Waals surface area (Å²) in [5.41, 5.74) is 15.9. The van der Waals surface area contributed by atoms with E-state index in [4.69, 9.17) is 11.5 Å². The monoisotopic (exact) mass is 190 g/mol. The molecule has 0 bridgehead atoms. The third kappa shape index (κ3) is 1.68. The van der Waals surface area contributed by atoms with Crippen molar-refractivity contribution in [3.63, 3.8) is 0 Å². The lowest BCUT2D eigenvalue weighted by atomic mass is 9.78. The van der Waals surface area contributed by atoms with Gasteiger partial charge in [-0.1, -0.05) is 23.8 Å². The summed E-state index contributed by atoms with van der Waals surface area (Å²) in [6.45, 7) is 2.70. The second-order valence-electron chi connectivity index (χ2n) is 4.52. The van der Waals surface area contributed by atoms with Crippen LogP contribution in [0.5, 0.6) is 0 Å². The Labute approximate surface area is 85.3 Å². The second kappa shape index (κ2) is 3.37. The lowest BCUT2D eigenvalue weighted by Gasteiger charge is -2.33. The number of benzene rings is 1. The summed E-state index contributed by atoms with van der Waals surface area (Å²) in [5, 5.41) is 0. The standard InChI is InChI=1S/C12H18N2/c1-9-2-3-10-4-5-12(14,8-13)7-11(10)6-9/h2-3,6H,4-5,7-8,13-14H2,1H3. The summed E-state index contributed by atoms with van der Waals surface area (Å²) in [5.74, 6) is 0. The first-order valence-electron chi connectivity index (χ1n) is 5.20. The molecule has 0 radical (unpaired) electrons. The molecule has 76 valence electrons. The Morgan fingerprint density at radius 1 is 1.36 bits per heavy atom. The molecule has 0 saturated heterocycles. The summed E-state index contributed by atoms with van der Waals surface area (Å²) in [6.07, 6.45) is 3.02. The number of rotatable bonds is 1. The average Bonchev–Trinajstić information content (AvgIpc) is 2.17. The van der Waals surface area contributed by atoms with Gasteiger partial charge in [0.05, 0.1) is 0 Å². The van der Waals surface area contributed by atoms with Crippen LogP contribution in [0.4, 0.5) is 0 Å². The number of hydrogen-bond donors (Lipinski definition) is 2. The molecule has 1 atom stereocenters. The van der Waals surface area contributed by atoms with Crippen LogP contribution in [0.2, 0.25) is 0 Å². The van der Waals surface area contributed by atoms with E-state index in [2.05, 4.69) is 25.1 Å². The van der Waals surface area contributed by atoms with Crippen molar-refractivity contribution < 1.29 is 0 Å². The number of fused-ring (bicyclic) bond motifs is 1. The Morgan fingerprint density at radius 2 is 2.14 bits per heavy atom. The highest BCUT2D eigenvalue weighted by Crippen LogP contribution is 2.27. The van der Waals surface area contributed by atoms with Crippen LogP contribution in [0, 0.1) is 6.92 Å². The molecule has 1 unspecified atom stereocenters. The molecule has 2 nitrogen and oxygen atoms in total. The lowest BCUT2D eigenvalue weighted by molar-refractivity contribution is 0.382. The van der Waals surface area contributed by atoms with Crippen molar-refractivity contribution in [1.82, 2.24) is 0 Å². The minimum Gasteiger partial charge on any atom is -0.329 e. The van der Waals surface area contributed by atoms with Gasteiger partial charge >= 0.3 is 0 Å². The van der Waals surface area contributed by atoms with E-state index < -0.39 is 0 Å². The van der Waals surface area contributed by atoms with Crippen LogP contribution in [-0.2, 0) is 12.8 Å². The van der Waals surface area contributed by atoms with Gasteiger partial charge in [-0.15, -0.1) is 0 Å². The Kier molecular flexibility index (Phi) is 2.33. The molecule has 1 aromatic carbocycles. The van der Waals surface area contributed by atoms with Crippen LogP contribution < -0.4 is 11.5 Å². The van der Waals surface area contributed by atoms with Gasteiger partial charge in [-0.2, -0.15) is 0 Å². The Balaban J connectivity index is 2.33. The van der Waals surface area contributed by atoms with Gasteiger partial charge < -0.3 is 11.5 Å². The van der Waals surface area contributed by atoms with Gasteiger partial charge in [-0.3, -0.25) is 0 Å². The third-order valence-electron chi connectivity index (χ3n) is 3.20. The molecule has 2 heteroatoms. The fourth-order valence-corrected chi connectivity index (χ4v) is 2.19. The van der Waals surface area contributed by atoms with Gasteiger partial charge in [-0.25, -0.2) is 0 Å². The minimum absolute atomic E-state index is 0.166. The van der Waals surface area contributed by atoms with Crippen molar-refractivity contribution in [2.24, 2.45) is 11.5 Å². The molecule has 0 amide bonds. The molecule has 0 aliphatic heterocycles. The SMILES string of the molecule is Cc1ccc2c(c1)CC(N)(CN)CC2. The predicted octanol–water partition coefficient (Wildman–Crippen LogP) is 1.14. The van der Waals surface area contributed by atoms with Crippen molar-refractivity contribution in [3.8, 4) is 0 Å². The fourth-order valence-electron chi connectivity index (χ4n) is 2.19. The number of aryl methyl sites for hydroxylation is 2. The van der Waals surface area contributed by atoms with Gasteiger partial charge in [-0.05, 0) is 37.3 Å². The molecule has 14 heavy (non-hydrogen) atoms. The molecule has 0 saturated carbocycles. The van der Waals surface area contributed by atoms with Crippen molar-refractivity contribution in [2.75, 3.05) is 6.54 Å². The molecule has 0 heterocycles. The van der Waals surface area contributed by atoms with Gasteiger partial charge in [0.25, 0.3) is 0 Å². The molecule has 2 rings (SSSR count). The largest absolute Gasteiger partial charge is 0.329 e. The van der Waals surface area contributed by atoms with Crippen LogP contribution in [-0.4, -0.2) is 12.1 Å². The zero-order valence-electron chi connectivity index (χ0n) is 8.72. The second-order valence-corrected chi connectivity index (χ2v) is 4.52. The van der Waals surface area contributed by atoms with Crippen LogP contribution in [0.3, 0.4) is 0 Å². The van der Waals surface area contributed by atoms with Crippen LogP contribution >= 0.6 is 0 Å². The molecule has 1 aromatic rings. The van der Waals surface area contributed by atoms with Crippen LogP contribution in [0.1, 0.15) is 23.1 Å². The molecule has 1 aliphatic carbocycles. The van der Waals surface area contributed by atoms with Crippen molar-refractivity contribution in [3.05, 3.63) is 34.9 Å². The molecule has 1 aliphatic rings.